The maximum absolute atomic E-state index is 12.6. The summed E-state index contributed by atoms with van der Waals surface area (Å²) in [7, 11) is 0. The van der Waals surface area contributed by atoms with Gasteiger partial charge in [0, 0.05) is 31.6 Å². The minimum absolute atomic E-state index is 0.138. The molecule has 2 aliphatic rings. The number of piperidine rings is 1. The normalized spacial score (nSPS) is 24.3. The van der Waals surface area contributed by atoms with Crippen LogP contribution in [0.25, 0.3) is 0 Å². The highest BCUT2D eigenvalue weighted by Gasteiger charge is 2.40. The van der Waals surface area contributed by atoms with E-state index in [1.165, 1.54) is 0 Å². The second-order valence-electron chi connectivity index (χ2n) is 6.35. The van der Waals surface area contributed by atoms with E-state index in [0.29, 0.717) is 18.9 Å². The maximum Gasteiger partial charge on any atom is 0.226 e. The number of nitrogens with one attached hydrogen (secondary N) is 2. The van der Waals surface area contributed by atoms with E-state index >= 15 is 0 Å². The molecule has 122 valence electrons. The van der Waals surface area contributed by atoms with Crippen LogP contribution in [0.4, 0.5) is 0 Å². The Labute approximate surface area is 131 Å². The van der Waals surface area contributed by atoms with Crippen LogP contribution in [0.2, 0.25) is 0 Å². The lowest BCUT2D eigenvalue weighted by Gasteiger charge is -2.35. The summed E-state index contributed by atoms with van der Waals surface area (Å²) < 4.78 is 10.9. The first-order valence-electron chi connectivity index (χ1n) is 8.26. The predicted octanol–water partition coefficient (Wildman–Crippen LogP) is 1.23. The Morgan fingerprint density at radius 3 is 3.00 bits per heavy atom. The molecule has 3 heterocycles. The van der Waals surface area contributed by atoms with E-state index in [0.717, 1.165) is 57.0 Å². The fourth-order valence-corrected chi connectivity index (χ4v) is 3.44. The van der Waals surface area contributed by atoms with E-state index in [1.807, 2.05) is 13.0 Å². The minimum atomic E-state index is -0.371. The summed E-state index contributed by atoms with van der Waals surface area (Å²) in [6.45, 7) is 5.87. The Bertz CT molecular complexity index is 502. The molecule has 0 radical (unpaired) electrons. The smallest absolute Gasteiger partial charge is 0.226 e. The third-order valence-corrected chi connectivity index (χ3v) is 4.82. The minimum Gasteiger partial charge on any atom is -0.381 e. The van der Waals surface area contributed by atoms with Gasteiger partial charge in [-0.1, -0.05) is 5.16 Å². The Balaban J connectivity index is 1.73. The maximum atomic E-state index is 12.6. The average molecular weight is 307 g/mol. The molecule has 1 atom stereocenters. The number of nitrogens with zero attached hydrogens (tertiary/aromatic N) is 1. The van der Waals surface area contributed by atoms with Crippen molar-refractivity contribution in [1.82, 2.24) is 15.8 Å². The van der Waals surface area contributed by atoms with Crippen LogP contribution in [0.3, 0.4) is 0 Å². The molecule has 3 rings (SSSR count). The molecular formula is C16H25N3O3. The van der Waals surface area contributed by atoms with Crippen LogP contribution >= 0.6 is 0 Å². The molecule has 22 heavy (non-hydrogen) atoms. The number of carbonyl (C=O) groups excluding carboxylic acids is 1. The zero-order chi connectivity index (χ0) is 15.4. The zero-order valence-electron chi connectivity index (χ0n) is 13.2. The van der Waals surface area contributed by atoms with Crippen molar-refractivity contribution in [2.75, 3.05) is 32.8 Å². The van der Waals surface area contributed by atoms with Gasteiger partial charge >= 0.3 is 0 Å². The van der Waals surface area contributed by atoms with Gasteiger partial charge in [0.1, 0.15) is 5.76 Å². The summed E-state index contributed by atoms with van der Waals surface area (Å²) in [5.74, 6) is 1.29. The van der Waals surface area contributed by atoms with E-state index in [4.69, 9.17) is 9.26 Å². The number of hydrogen-bond donors (Lipinski definition) is 2. The molecule has 0 bridgehead atoms. The van der Waals surface area contributed by atoms with Crippen LogP contribution < -0.4 is 10.6 Å². The van der Waals surface area contributed by atoms with Crippen molar-refractivity contribution in [2.45, 2.75) is 38.5 Å². The molecule has 1 aromatic heterocycles. The van der Waals surface area contributed by atoms with Crippen molar-refractivity contribution in [3.05, 3.63) is 17.5 Å². The largest absolute Gasteiger partial charge is 0.381 e. The first-order chi connectivity index (χ1) is 10.7. The molecule has 0 spiro atoms. The second-order valence-corrected chi connectivity index (χ2v) is 6.35. The Kier molecular flexibility index (Phi) is 4.78. The van der Waals surface area contributed by atoms with E-state index in [2.05, 4.69) is 15.8 Å². The van der Waals surface area contributed by atoms with Crippen molar-refractivity contribution < 1.29 is 14.1 Å². The lowest BCUT2D eigenvalue weighted by atomic mass is 9.74. The van der Waals surface area contributed by atoms with Crippen molar-refractivity contribution >= 4 is 5.91 Å². The van der Waals surface area contributed by atoms with Gasteiger partial charge in [-0.05, 0) is 39.3 Å². The van der Waals surface area contributed by atoms with Crippen LogP contribution in [0, 0.1) is 5.41 Å². The number of amides is 1. The third-order valence-electron chi connectivity index (χ3n) is 4.82. The molecule has 0 aliphatic carbocycles. The van der Waals surface area contributed by atoms with Crippen molar-refractivity contribution in [1.29, 1.82) is 0 Å². The quantitative estimate of drug-likeness (QED) is 0.855. The molecule has 6 nitrogen and oxygen atoms in total. The summed E-state index contributed by atoms with van der Waals surface area (Å²) in [6.07, 6.45) is 3.29. The number of carbonyl (C=O) groups is 1. The number of aromatic nitrogens is 1. The summed E-state index contributed by atoms with van der Waals surface area (Å²) in [5.41, 5.74) is 0.594. The lowest BCUT2D eigenvalue weighted by molar-refractivity contribution is -0.132. The number of ether oxygens (including phenoxy) is 1. The van der Waals surface area contributed by atoms with E-state index in [9.17, 15) is 4.79 Å². The predicted molar refractivity (Wildman–Crippen MR) is 81.6 cm³/mol. The highest BCUT2D eigenvalue weighted by atomic mass is 16.5. The molecular weight excluding hydrogens is 282 g/mol. The molecule has 0 saturated carbocycles. The molecule has 1 amide bonds. The average Bonchev–Trinajstić information content (AvgIpc) is 3.19. The highest BCUT2D eigenvalue weighted by molar-refractivity contribution is 5.83. The molecule has 0 aromatic carbocycles. The fraction of sp³-hybridized carbons (Fsp3) is 0.750. The van der Waals surface area contributed by atoms with Crippen molar-refractivity contribution in [3.63, 3.8) is 0 Å². The van der Waals surface area contributed by atoms with Crippen LogP contribution in [0.1, 0.15) is 43.6 Å². The SMILES string of the molecule is CCNC(=O)C1(Cc2cc(C3CCOC3)no2)CCNCC1. The second kappa shape index (κ2) is 6.79. The number of rotatable bonds is 5. The monoisotopic (exact) mass is 307 g/mol. The van der Waals surface area contributed by atoms with Gasteiger partial charge in [0.15, 0.2) is 0 Å². The van der Waals surface area contributed by atoms with Gasteiger partial charge in [0.25, 0.3) is 0 Å². The Morgan fingerprint density at radius 1 is 1.50 bits per heavy atom. The topological polar surface area (TPSA) is 76.4 Å². The van der Waals surface area contributed by atoms with Gasteiger partial charge in [-0.15, -0.1) is 0 Å². The van der Waals surface area contributed by atoms with Gasteiger partial charge in [-0.2, -0.15) is 0 Å². The summed E-state index contributed by atoms with van der Waals surface area (Å²) in [4.78, 5) is 12.6. The van der Waals surface area contributed by atoms with Gasteiger partial charge in [0.2, 0.25) is 5.91 Å². The summed E-state index contributed by atoms with van der Waals surface area (Å²) >= 11 is 0. The van der Waals surface area contributed by atoms with Crippen LogP contribution in [0.5, 0.6) is 0 Å². The Hall–Kier alpha value is -1.40. The van der Waals surface area contributed by atoms with Gasteiger partial charge in [0.05, 0.1) is 17.7 Å². The summed E-state index contributed by atoms with van der Waals surface area (Å²) in [5, 5.41) is 10.5. The first kappa shape index (κ1) is 15.5. The summed E-state index contributed by atoms with van der Waals surface area (Å²) in [6, 6.07) is 2.02. The zero-order valence-corrected chi connectivity index (χ0v) is 13.2. The molecule has 6 heteroatoms. The first-order valence-corrected chi connectivity index (χ1v) is 8.26. The molecule has 2 saturated heterocycles. The number of hydrogen-bond acceptors (Lipinski definition) is 5. The van der Waals surface area contributed by atoms with Crippen LogP contribution in [0.15, 0.2) is 10.6 Å². The standard InChI is InChI=1S/C16H25N3O3/c1-2-18-15(20)16(4-6-17-7-5-16)10-13-9-14(19-22-13)12-3-8-21-11-12/h9,12,17H,2-8,10-11H2,1H3,(H,18,20). The molecule has 1 aromatic rings. The highest BCUT2D eigenvalue weighted by Crippen LogP contribution is 2.34. The molecule has 2 N–H and O–H groups in total. The van der Waals surface area contributed by atoms with Crippen molar-refractivity contribution in [2.24, 2.45) is 5.41 Å². The van der Waals surface area contributed by atoms with Crippen molar-refractivity contribution in [3.8, 4) is 0 Å². The fourth-order valence-electron chi connectivity index (χ4n) is 3.44. The van der Waals surface area contributed by atoms with Crippen LogP contribution in [-0.4, -0.2) is 43.9 Å². The van der Waals surface area contributed by atoms with E-state index < -0.39 is 0 Å². The van der Waals surface area contributed by atoms with E-state index in [-0.39, 0.29) is 11.3 Å². The third kappa shape index (κ3) is 3.17. The van der Waals surface area contributed by atoms with Gasteiger partial charge in [-0.25, -0.2) is 0 Å². The van der Waals surface area contributed by atoms with Gasteiger partial charge < -0.3 is 19.9 Å². The van der Waals surface area contributed by atoms with Gasteiger partial charge in [-0.3, -0.25) is 4.79 Å². The molecule has 2 aliphatic heterocycles. The Morgan fingerprint density at radius 2 is 2.32 bits per heavy atom. The molecule has 1 unspecified atom stereocenters. The lowest BCUT2D eigenvalue weighted by Crippen LogP contribution is -2.48. The van der Waals surface area contributed by atoms with Crippen LogP contribution in [-0.2, 0) is 16.0 Å². The van der Waals surface area contributed by atoms with E-state index in [1.54, 1.807) is 0 Å². The molecule has 2 fully saturated rings.